The van der Waals surface area contributed by atoms with Gasteiger partial charge in [-0.2, -0.15) is 0 Å². The number of aromatic nitrogens is 1. The van der Waals surface area contributed by atoms with Gasteiger partial charge in [-0.1, -0.05) is 0 Å². The summed E-state index contributed by atoms with van der Waals surface area (Å²) in [5.41, 5.74) is 4.07. The number of nitrogens with two attached hydrogens (primary N) is 1. The average Bonchev–Trinajstić information content (AvgIpc) is 2.03. The number of aromatic amines is 1. The summed E-state index contributed by atoms with van der Waals surface area (Å²) in [6, 6.07) is 0.184. The van der Waals surface area contributed by atoms with Crippen LogP contribution in [0.1, 0.15) is 10.4 Å². The van der Waals surface area contributed by atoms with E-state index >= 15 is 0 Å². The van der Waals surface area contributed by atoms with E-state index in [2.05, 4.69) is 4.98 Å². The van der Waals surface area contributed by atoms with Gasteiger partial charge in [-0.15, -0.1) is 0 Å². The predicted molar refractivity (Wildman–Crippen MR) is 44.1 cm³/mol. The van der Waals surface area contributed by atoms with Crippen LogP contribution in [0.3, 0.4) is 0 Å². The standard InChI is InChI=1S/C7H7N3O3/c8-7(13)10-6(12)4-3-9-2-1-5(4)11/h1-3H,(H,9,11)(H3,8,10,12,13). The van der Waals surface area contributed by atoms with Gasteiger partial charge in [0.05, 0.1) is 0 Å². The number of imide groups is 1. The molecule has 0 atom stereocenters. The van der Waals surface area contributed by atoms with Gasteiger partial charge in [0, 0.05) is 18.5 Å². The van der Waals surface area contributed by atoms with Crippen LogP contribution in [0.15, 0.2) is 23.3 Å². The van der Waals surface area contributed by atoms with Crippen molar-refractivity contribution in [1.82, 2.24) is 10.3 Å². The molecule has 6 heteroatoms. The van der Waals surface area contributed by atoms with Crippen molar-refractivity contribution in [2.45, 2.75) is 0 Å². The van der Waals surface area contributed by atoms with Crippen molar-refractivity contribution in [2.75, 3.05) is 0 Å². The summed E-state index contributed by atoms with van der Waals surface area (Å²) in [5, 5.41) is 1.78. The van der Waals surface area contributed by atoms with Crippen molar-refractivity contribution in [3.63, 3.8) is 0 Å². The molecule has 0 aliphatic rings. The minimum atomic E-state index is -0.992. The summed E-state index contributed by atoms with van der Waals surface area (Å²) in [7, 11) is 0. The maximum Gasteiger partial charge on any atom is 0.319 e. The molecule has 0 aliphatic carbocycles. The Morgan fingerprint density at radius 1 is 1.46 bits per heavy atom. The lowest BCUT2D eigenvalue weighted by molar-refractivity contribution is 0.0965. The number of hydrogen-bond acceptors (Lipinski definition) is 3. The third-order valence-electron chi connectivity index (χ3n) is 1.31. The second-order valence-corrected chi connectivity index (χ2v) is 2.24. The quantitative estimate of drug-likeness (QED) is 0.527. The highest BCUT2D eigenvalue weighted by atomic mass is 16.2. The molecule has 0 fully saturated rings. The van der Waals surface area contributed by atoms with Gasteiger partial charge in [-0.05, 0) is 0 Å². The zero-order valence-electron chi connectivity index (χ0n) is 6.53. The lowest BCUT2D eigenvalue weighted by atomic mass is 10.2. The van der Waals surface area contributed by atoms with E-state index in [1.54, 1.807) is 5.32 Å². The van der Waals surface area contributed by atoms with Gasteiger partial charge >= 0.3 is 6.03 Å². The number of hydrogen-bond donors (Lipinski definition) is 3. The van der Waals surface area contributed by atoms with Crippen molar-refractivity contribution in [1.29, 1.82) is 0 Å². The van der Waals surface area contributed by atoms with Crippen LogP contribution in [0.5, 0.6) is 0 Å². The SMILES string of the molecule is NC(=O)NC(=O)c1c[nH]ccc1=O. The van der Waals surface area contributed by atoms with Gasteiger partial charge in [-0.3, -0.25) is 14.9 Å². The molecular formula is C7H7N3O3. The molecule has 0 spiro atoms. The Labute approximate surface area is 72.8 Å². The number of carbonyl (C=O) groups is 2. The number of carbonyl (C=O) groups excluding carboxylic acids is 2. The molecule has 4 N–H and O–H groups in total. The molecule has 1 aromatic rings. The van der Waals surface area contributed by atoms with Gasteiger partial charge < -0.3 is 10.7 Å². The summed E-state index contributed by atoms with van der Waals surface area (Å²) < 4.78 is 0. The third kappa shape index (κ3) is 2.16. The molecule has 0 saturated heterocycles. The number of H-pyrrole nitrogens is 1. The first-order valence-corrected chi connectivity index (χ1v) is 3.39. The minimum Gasteiger partial charge on any atom is -0.367 e. The van der Waals surface area contributed by atoms with Crippen molar-refractivity contribution >= 4 is 11.9 Å². The highest BCUT2D eigenvalue weighted by Gasteiger charge is 2.10. The van der Waals surface area contributed by atoms with Crippen molar-refractivity contribution < 1.29 is 9.59 Å². The van der Waals surface area contributed by atoms with Crippen LogP contribution in [-0.4, -0.2) is 16.9 Å². The third-order valence-corrected chi connectivity index (χ3v) is 1.31. The number of pyridine rings is 1. The lowest BCUT2D eigenvalue weighted by Gasteiger charge is -1.97. The number of primary amides is 1. The summed E-state index contributed by atoms with van der Waals surface area (Å²) in [4.78, 5) is 34.9. The maximum absolute atomic E-state index is 11.0. The van der Waals surface area contributed by atoms with Crippen LogP contribution in [-0.2, 0) is 0 Å². The van der Waals surface area contributed by atoms with Crippen LogP contribution >= 0.6 is 0 Å². The number of rotatable bonds is 1. The molecule has 0 aliphatic heterocycles. The first kappa shape index (κ1) is 8.98. The normalized spacial score (nSPS) is 9.23. The van der Waals surface area contributed by atoms with Gasteiger partial charge in [-0.25, -0.2) is 4.79 Å². The molecule has 0 radical (unpaired) electrons. The predicted octanol–water partition coefficient (Wildman–Crippen LogP) is -0.817. The maximum atomic E-state index is 11.0. The van der Waals surface area contributed by atoms with Crippen molar-refractivity contribution in [2.24, 2.45) is 5.73 Å². The highest BCUT2D eigenvalue weighted by molar-refractivity contribution is 6.03. The summed E-state index contributed by atoms with van der Waals surface area (Å²) in [6.45, 7) is 0. The highest BCUT2D eigenvalue weighted by Crippen LogP contribution is 1.86. The van der Waals surface area contributed by atoms with Crippen LogP contribution in [0, 0.1) is 0 Å². The van der Waals surface area contributed by atoms with Gasteiger partial charge in [0.15, 0.2) is 5.43 Å². The molecule has 1 rings (SSSR count). The Morgan fingerprint density at radius 2 is 2.15 bits per heavy atom. The molecule has 6 nitrogen and oxygen atoms in total. The minimum absolute atomic E-state index is 0.152. The fourth-order valence-corrected chi connectivity index (χ4v) is 0.773. The summed E-state index contributed by atoms with van der Waals surface area (Å²) >= 11 is 0. The molecule has 0 aromatic carbocycles. The fourth-order valence-electron chi connectivity index (χ4n) is 0.773. The molecule has 1 heterocycles. The number of urea groups is 1. The Kier molecular flexibility index (Phi) is 2.44. The zero-order chi connectivity index (χ0) is 9.84. The van der Waals surface area contributed by atoms with Crippen LogP contribution < -0.4 is 16.5 Å². The largest absolute Gasteiger partial charge is 0.367 e. The lowest BCUT2D eigenvalue weighted by Crippen LogP contribution is -2.37. The van der Waals surface area contributed by atoms with Crippen LogP contribution in [0.25, 0.3) is 0 Å². The molecule has 0 saturated carbocycles. The molecule has 13 heavy (non-hydrogen) atoms. The van der Waals surface area contributed by atoms with E-state index < -0.39 is 17.4 Å². The van der Waals surface area contributed by atoms with Gasteiger partial charge in [0.2, 0.25) is 0 Å². The van der Waals surface area contributed by atoms with E-state index in [0.717, 1.165) is 0 Å². The van der Waals surface area contributed by atoms with E-state index in [-0.39, 0.29) is 5.56 Å². The summed E-state index contributed by atoms with van der Waals surface area (Å²) in [6.07, 6.45) is 2.57. The first-order chi connectivity index (χ1) is 6.11. The number of amides is 3. The molecule has 1 aromatic heterocycles. The molecule has 3 amide bonds. The van der Waals surface area contributed by atoms with Crippen LogP contribution in [0.4, 0.5) is 4.79 Å². The van der Waals surface area contributed by atoms with E-state index in [0.29, 0.717) is 0 Å². The van der Waals surface area contributed by atoms with E-state index in [9.17, 15) is 14.4 Å². The molecule has 68 valence electrons. The Morgan fingerprint density at radius 3 is 2.69 bits per heavy atom. The molecule has 0 unspecified atom stereocenters. The van der Waals surface area contributed by atoms with Crippen molar-refractivity contribution in [3.8, 4) is 0 Å². The molecular weight excluding hydrogens is 174 g/mol. The molecule has 0 bridgehead atoms. The Bertz CT molecular complexity index is 396. The second-order valence-electron chi connectivity index (χ2n) is 2.24. The zero-order valence-corrected chi connectivity index (χ0v) is 6.53. The van der Waals surface area contributed by atoms with Crippen molar-refractivity contribution in [3.05, 3.63) is 34.2 Å². The smallest absolute Gasteiger partial charge is 0.319 e. The topological polar surface area (TPSA) is 105 Å². The van der Waals surface area contributed by atoms with E-state index in [1.807, 2.05) is 0 Å². The Balaban J connectivity index is 2.96. The fraction of sp³-hybridized carbons (Fsp3) is 0. The number of nitrogens with one attached hydrogen (secondary N) is 2. The monoisotopic (exact) mass is 181 g/mol. The average molecular weight is 181 g/mol. The first-order valence-electron chi connectivity index (χ1n) is 3.39. The van der Waals surface area contributed by atoms with E-state index in [1.165, 1.54) is 18.5 Å². The second kappa shape index (κ2) is 3.53. The summed E-state index contributed by atoms with van der Waals surface area (Å²) in [5.74, 6) is -0.811. The van der Waals surface area contributed by atoms with E-state index in [4.69, 9.17) is 5.73 Å². The van der Waals surface area contributed by atoms with Gasteiger partial charge in [0.1, 0.15) is 5.56 Å². The van der Waals surface area contributed by atoms with Gasteiger partial charge in [0.25, 0.3) is 5.91 Å². The van der Waals surface area contributed by atoms with Crippen LogP contribution in [0.2, 0.25) is 0 Å². The Hall–Kier alpha value is -2.11.